The summed E-state index contributed by atoms with van der Waals surface area (Å²) >= 11 is 0. The standard InChI is InChI=1S/C17H24O4/c1-10-6-5-7-13-14(21-12(3)18)17(9-16(10,13)4)11(2)8-20-15(17)19/h10,13-14H,2,5-9H2,1,3-4H3/t10-,13+,14+,16+,17-/m0/s1. The van der Waals surface area contributed by atoms with Gasteiger partial charge in [0.1, 0.15) is 18.1 Å². The summed E-state index contributed by atoms with van der Waals surface area (Å²) in [5.41, 5.74) is -0.0319. The number of hydrogen-bond donors (Lipinski definition) is 0. The molecule has 0 bridgehead atoms. The lowest BCUT2D eigenvalue weighted by atomic mass is 9.63. The van der Waals surface area contributed by atoms with Crippen molar-refractivity contribution in [1.29, 1.82) is 0 Å². The van der Waals surface area contributed by atoms with Gasteiger partial charge < -0.3 is 9.47 Å². The molecule has 0 N–H and O–H groups in total. The fourth-order valence-corrected chi connectivity index (χ4v) is 4.95. The Bertz CT molecular complexity index is 493. The van der Waals surface area contributed by atoms with Crippen molar-refractivity contribution in [2.45, 2.75) is 52.6 Å². The second kappa shape index (κ2) is 4.59. The molecule has 3 fully saturated rings. The number of rotatable bonds is 1. The number of carbonyl (C=O) groups is 2. The Morgan fingerprint density at radius 1 is 1.43 bits per heavy atom. The van der Waals surface area contributed by atoms with Crippen LogP contribution < -0.4 is 0 Å². The monoisotopic (exact) mass is 292 g/mol. The van der Waals surface area contributed by atoms with Gasteiger partial charge in [-0.15, -0.1) is 0 Å². The van der Waals surface area contributed by atoms with Gasteiger partial charge in [0.15, 0.2) is 0 Å². The molecule has 0 radical (unpaired) electrons. The molecule has 21 heavy (non-hydrogen) atoms. The van der Waals surface area contributed by atoms with Crippen LogP contribution in [-0.4, -0.2) is 24.6 Å². The molecule has 1 heterocycles. The van der Waals surface area contributed by atoms with Crippen molar-refractivity contribution in [2.24, 2.45) is 22.7 Å². The molecule has 4 heteroatoms. The summed E-state index contributed by atoms with van der Waals surface area (Å²) < 4.78 is 10.9. The SMILES string of the molecule is C=C1COC(=O)[C@@]12C[C@@]1(C)[C@H](CCC[C@@H]1C)[C@H]2OC(C)=O. The van der Waals surface area contributed by atoms with Gasteiger partial charge in [0, 0.05) is 12.8 Å². The van der Waals surface area contributed by atoms with Crippen LogP contribution >= 0.6 is 0 Å². The summed E-state index contributed by atoms with van der Waals surface area (Å²) in [5, 5.41) is 0. The first-order valence-electron chi connectivity index (χ1n) is 7.85. The number of fused-ring (bicyclic) bond motifs is 1. The van der Waals surface area contributed by atoms with Crippen molar-refractivity contribution in [1.82, 2.24) is 0 Å². The number of hydrogen-bond acceptors (Lipinski definition) is 4. The Balaban J connectivity index is 2.09. The van der Waals surface area contributed by atoms with E-state index in [4.69, 9.17) is 9.47 Å². The average molecular weight is 292 g/mol. The quantitative estimate of drug-likeness (QED) is 0.551. The first-order valence-corrected chi connectivity index (χ1v) is 7.85. The van der Waals surface area contributed by atoms with Crippen LogP contribution in [0.4, 0.5) is 0 Å². The van der Waals surface area contributed by atoms with E-state index in [1.54, 1.807) is 0 Å². The minimum absolute atomic E-state index is 0.00463. The summed E-state index contributed by atoms with van der Waals surface area (Å²) in [6.45, 7) is 10.2. The Kier molecular flexibility index (Phi) is 3.19. The number of ether oxygens (including phenoxy) is 2. The second-order valence-electron chi connectivity index (χ2n) is 7.30. The van der Waals surface area contributed by atoms with Crippen molar-refractivity contribution in [3.05, 3.63) is 12.2 Å². The van der Waals surface area contributed by atoms with E-state index >= 15 is 0 Å². The second-order valence-corrected chi connectivity index (χ2v) is 7.30. The van der Waals surface area contributed by atoms with Crippen LogP contribution in [0, 0.1) is 22.7 Å². The van der Waals surface area contributed by atoms with Crippen LogP contribution in [0.3, 0.4) is 0 Å². The fraction of sp³-hybridized carbons (Fsp3) is 0.765. The van der Waals surface area contributed by atoms with Crippen LogP contribution in [0.2, 0.25) is 0 Å². The van der Waals surface area contributed by atoms with E-state index in [1.807, 2.05) is 0 Å². The summed E-state index contributed by atoms with van der Waals surface area (Å²) in [4.78, 5) is 24.1. The van der Waals surface area contributed by atoms with Crippen molar-refractivity contribution in [3.8, 4) is 0 Å². The van der Waals surface area contributed by atoms with Gasteiger partial charge in [-0.2, -0.15) is 0 Å². The summed E-state index contributed by atoms with van der Waals surface area (Å²) in [6, 6.07) is 0. The Labute approximate surface area is 125 Å². The minimum Gasteiger partial charge on any atom is -0.461 e. The molecule has 3 rings (SSSR count). The molecule has 3 aliphatic rings. The number of carbonyl (C=O) groups excluding carboxylic acids is 2. The van der Waals surface area contributed by atoms with Crippen LogP contribution in [0.5, 0.6) is 0 Å². The third kappa shape index (κ3) is 1.80. The summed E-state index contributed by atoms with van der Waals surface area (Å²) in [7, 11) is 0. The molecule has 1 spiro atoms. The highest BCUT2D eigenvalue weighted by molar-refractivity contribution is 5.85. The molecule has 5 atom stereocenters. The minimum atomic E-state index is -0.816. The zero-order valence-corrected chi connectivity index (χ0v) is 13.1. The van der Waals surface area contributed by atoms with Gasteiger partial charge >= 0.3 is 11.9 Å². The van der Waals surface area contributed by atoms with Crippen LogP contribution in [0.1, 0.15) is 46.5 Å². The van der Waals surface area contributed by atoms with Gasteiger partial charge in [0.05, 0.1) is 0 Å². The van der Waals surface area contributed by atoms with E-state index in [2.05, 4.69) is 20.4 Å². The van der Waals surface area contributed by atoms with Gasteiger partial charge in [-0.05, 0) is 29.7 Å². The maximum atomic E-state index is 12.5. The third-order valence-electron chi connectivity index (χ3n) is 6.30. The molecule has 0 amide bonds. The molecular weight excluding hydrogens is 268 g/mol. The lowest BCUT2D eigenvalue weighted by molar-refractivity contribution is -0.162. The van der Waals surface area contributed by atoms with Gasteiger partial charge in [-0.25, -0.2) is 0 Å². The molecule has 0 aromatic rings. The van der Waals surface area contributed by atoms with Crippen molar-refractivity contribution < 1.29 is 19.1 Å². The largest absolute Gasteiger partial charge is 0.461 e. The molecule has 1 saturated heterocycles. The highest BCUT2D eigenvalue weighted by Crippen LogP contribution is 2.65. The van der Waals surface area contributed by atoms with Crippen molar-refractivity contribution >= 4 is 11.9 Å². The Morgan fingerprint density at radius 2 is 2.14 bits per heavy atom. The zero-order chi connectivity index (χ0) is 15.4. The van der Waals surface area contributed by atoms with Crippen LogP contribution in [0.25, 0.3) is 0 Å². The van der Waals surface area contributed by atoms with Gasteiger partial charge in [-0.3, -0.25) is 9.59 Å². The zero-order valence-electron chi connectivity index (χ0n) is 13.1. The van der Waals surface area contributed by atoms with Crippen molar-refractivity contribution in [2.75, 3.05) is 6.61 Å². The van der Waals surface area contributed by atoms with Gasteiger partial charge in [-0.1, -0.05) is 33.3 Å². The number of cyclic esters (lactones) is 1. The third-order valence-corrected chi connectivity index (χ3v) is 6.30. The van der Waals surface area contributed by atoms with E-state index < -0.39 is 11.5 Å². The molecule has 116 valence electrons. The first kappa shape index (κ1) is 14.6. The fourth-order valence-electron chi connectivity index (χ4n) is 4.95. The highest BCUT2D eigenvalue weighted by Gasteiger charge is 2.69. The number of esters is 2. The van der Waals surface area contributed by atoms with Crippen molar-refractivity contribution in [3.63, 3.8) is 0 Å². The maximum Gasteiger partial charge on any atom is 0.320 e. The first-order chi connectivity index (χ1) is 9.82. The smallest absolute Gasteiger partial charge is 0.320 e. The normalized spacial score (nSPS) is 45.6. The van der Waals surface area contributed by atoms with Gasteiger partial charge in [0.2, 0.25) is 0 Å². The van der Waals surface area contributed by atoms with Crippen LogP contribution in [0.15, 0.2) is 12.2 Å². The molecule has 0 aromatic heterocycles. The Hall–Kier alpha value is -1.32. The predicted octanol–water partition coefficient (Wildman–Crippen LogP) is 2.86. The highest BCUT2D eigenvalue weighted by atomic mass is 16.6. The molecule has 4 nitrogen and oxygen atoms in total. The topological polar surface area (TPSA) is 52.6 Å². The Morgan fingerprint density at radius 3 is 2.71 bits per heavy atom. The summed E-state index contributed by atoms with van der Waals surface area (Å²) in [5.74, 6) is 0.151. The molecule has 0 aromatic carbocycles. The molecular formula is C17H24O4. The molecule has 1 aliphatic heterocycles. The average Bonchev–Trinajstić information content (AvgIpc) is 2.83. The van der Waals surface area contributed by atoms with Crippen LogP contribution in [-0.2, 0) is 19.1 Å². The molecule has 0 unspecified atom stereocenters. The van der Waals surface area contributed by atoms with E-state index in [1.165, 1.54) is 6.92 Å². The molecule has 2 aliphatic carbocycles. The maximum absolute atomic E-state index is 12.5. The van der Waals surface area contributed by atoms with Gasteiger partial charge in [0.25, 0.3) is 0 Å². The predicted molar refractivity (Wildman–Crippen MR) is 77.3 cm³/mol. The van der Waals surface area contributed by atoms with E-state index in [0.717, 1.165) is 24.8 Å². The van der Waals surface area contributed by atoms with E-state index in [0.29, 0.717) is 12.3 Å². The summed E-state index contributed by atoms with van der Waals surface area (Å²) in [6.07, 6.45) is 3.57. The van der Waals surface area contributed by atoms with E-state index in [-0.39, 0.29) is 29.9 Å². The lowest BCUT2D eigenvalue weighted by Gasteiger charge is -2.42. The van der Waals surface area contributed by atoms with E-state index in [9.17, 15) is 9.59 Å². The molecule has 2 saturated carbocycles. The lowest BCUT2D eigenvalue weighted by Crippen LogP contribution is -2.43.